The summed E-state index contributed by atoms with van der Waals surface area (Å²) in [5.74, 6) is 1.60. The van der Waals surface area contributed by atoms with E-state index < -0.39 is 0 Å². The number of nitrogens with one attached hydrogen (secondary N) is 1. The first-order valence-corrected chi connectivity index (χ1v) is 7.90. The van der Waals surface area contributed by atoms with Crippen LogP contribution in [0.1, 0.15) is 45.1 Å². The fraction of sp³-hybridized carbons (Fsp3) is 0.625. The molecular formula is C16H24BrN. The first-order chi connectivity index (χ1) is 8.58. The number of halogens is 1. The van der Waals surface area contributed by atoms with Crippen LogP contribution in [0.2, 0.25) is 0 Å². The lowest BCUT2D eigenvalue weighted by molar-refractivity contribution is 0.254. The van der Waals surface area contributed by atoms with E-state index in [1.165, 1.54) is 36.9 Å². The van der Waals surface area contributed by atoms with Gasteiger partial charge in [-0.2, -0.15) is 0 Å². The molecule has 2 atom stereocenters. The van der Waals surface area contributed by atoms with E-state index in [0.717, 1.165) is 16.3 Å². The average molecular weight is 310 g/mol. The highest BCUT2D eigenvalue weighted by Gasteiger charge is 2.27. The second-order valence-electron chi connectivity index (χ2n) is 5.90. The maximum absolute atomic E-state index is 3.79. The van der Waals surface area contributed by atoms with Crippen LogP contribution in [-0.4, -0.2) is 6.04 Å². The van der Waals surface area contributed by atoms with Crippen molar-refractivity contribution in [2.75, 3.05) is 5.32 Å². The number of aryl methyl sites for hydroxylation is 1. The summed E-state index contributed by atoms with van der Waals surface area (Å²) < 4.78 is 1.16. The van der Waals surface area contributed by atoms with Gasteiger partial charge in [0.05, 0.1) is 0 Å². The van der Waals surface area contributed by atoms with Crippen molar-refractivity contribution in [2.24, 2.45) is 11.8 Å². The molecule has 0 spiro atoms. The van der Waals surface area contributed by atoms with Crippen molar-refractivity contribution in [1.82, 2.24) is 0 Å². The average Bonchev–Trinajstić information content (AvgIpc) is 2.33. The molecule has 1 saturated carbocycles. The molecule has 2 unspecified atom stereocenters. The Morgan fingerprint density at radius 3 is 2.61 bits per heavy atom. The molecule has 1 aromatic rings. The molecule has 100 valence electrons. The third kappa shape index (κ3) is 3.28. The van der Waals surface area contributed by atoms with Crippen LogP contribution in [0, 0.1) is 18.8 Å². The van der Waals surface area contributed by atoms with E-state index in [9.17, 15) is 0 Å². The molecule has 1 fully saturated rings. The predicted octanol–water partition coefficient (Wildman–Crippen LogP) is 5.38. The van der Waals surface area contributed by atoms with Crippen molar-refractivity contribution in [3.8, 4) is 0 Å². The normalized spacial score (nSPS) is 24.3. The zero-order chi connectivity index (χ0) is 13.1. The molecule has 1 N–H and O–H groups in total. The molecule has 0 heterocycles. The van der Waals surface area contributed by atoms with Crippen LogP contribution >= 0.6 is 15.9 Å². The highest BCUT2D eigenvalue weighted by Crippen LogP contribution is 2.33. The van der Waals surface area contributed by atoms with Crippen molar-refractivity contribution >= 4 is 21.6 Å². The van der Waals surface area contributed by atoms with E-state index in [0.29, 0.717) is 6.04 Å². The molecule has 18 heavy (non-hydrogen) atoms. The van der Waals surface area contributed by atoms with Gasteiger partial charge >= 0.3 is 0 Å². The standard InChI is InChI=1S/C16H24BrN/c1-11(2)14-6-4-5-7-16(14)18-15-9-8-13(17)10-12(15)3/h8-11,14,16,18H,4-7H2,1-3H3. The van der Waals surface area contributed by atoms with Gasteiger partial charge in [-0.1, -0.05) is 42.6 Å². The van der Waals surface area contributed by atoms with Gasteiger partial charge in [-0.3, -0.25) is 0 Å². The van der Waals surface area contributed by atoms with Gasteiger partial charge < -0.3 is 5.32 Å². The minimum absolute atomic E-state index is 0.652. The summed E-state index contributed by atoms with van der Waals surface area (Å²) in [7, 11) is 0. The summed E-state index contributed by atoms with van der Waals surface area (Å²) in [6.45, 7) is 6.90. The molecule has 1 nitrogen and oxygen atoms in total. The van der Waals surface area contributed by atoms with Crippen LogP contribution in [-0.2, 0) is 0 Å². The highest BCUT2D eigenvalue weighted by molar-refractivity contribution is 9.10. The first kappa shape index (κ1) is 13.9. The topological polar surface area (TPSA) is 12.0 Å². The Labute approximate surface area is 119 Å². The van der Waals surface area contributed by atoms with E-state index in [2.05, 4.69) is 60.2 Å². The van der Waals surface area contributed by atoms with Crippen molar-refractivity contribution < 1.29 is 0 Å². The molecule has 0 bridgehead atoms. The van der Waals surface area contributed by atoms with Gasteiger partial charge in [-0.05, 0) is 55.4 Å². The van der Waals surface area contributed by atoms with E-state index in [1.54, 1.807) is 0 Å². The number of hydrogen-bond donors (Lipinski definition) is 1. The molecule has 1 aromatic carbocycles. The molecule has 1 aliphatic rings. The maximum Gasteiger partial charge on any atom is 0.0372 e. The Morgan fingerprint density at radius 2 is 1.94 bits per heavy atom. The van der Waals surface area contributed by atoms with E-state index in [4.69, 9.17) is 0 Å². The van der Waals surface area contributed by atoms with Gasteiger partial charge in [-0.15, -0.1) is 0 Å². The summed E-state index contributed by atoms with van der Waals surface area (Å²) in [5.41, 5.74) is 2.63. The lowest BCUT2D eigenvalue weighted by atomic mass is 9.77. The molecule has 0 amide bonds. The fourth-order valence-corrected chi connectivity index (χ4v) is 3.60. The SMILES string of the molecule is Cc1cc(Br)ccc1NC1CCCCC1C(C)C. The number of hydrogen-bond acceptors (Lipinski definition) is 1. The van der Waals surface area contributed by atoms with Crippen LogP contribution in [0.15, 0.2) is 22.7 Å². The molecule has 0 aromatic heterocycles. The molecule has 1 aliphatic carbocycles. The molecule has 2 heteroatoms. The van der Waals surface area contributed by atoms with Gasteiger partial charge in [0.15, 0.2) is 0 Å². The summed E-state index contributed by atoms with van der Waals surface area (Å²) in [6.07, 6.45) is 5.47. The van der Waals surface area contributed by atoms with E-state index in [1.807, 2.05) is 0 Å². The molecule has 2 rings (SSSR count). The zero-order valence-corrected chi connectivity index (χ0v) is 13.3. The first-order valence-electron chi connectivity index (χ1n) is 7.10. The van der Waals surface area contributed by atoms with Crippen LogP contribution in [0.5, 0.6) is 0 Å². The fourth-order valence-electron chi connectivity index (χ4n) is 3.13. The van der Waals surface area contributed by atoms with Gasteiger partial charge in [0.25, 0.3) is 0 Å². The van der Waals surface area contributed by atoms with Crippen molar-refractivity contribution in [3.05, 3.63) is 28.2 Å². The van der Waals surface area contributed by atoms with Crippen LogP contribution in [0.3, 0.4) is 0 Å². The van der Waals surface area contributed by atoms with Crippen LogP contribution < -0.4 is 5.32 Å². The van der Waals surface area contributed by atoms with Crippen LogP contribution in [0.25, 0.3) is 0 Å². The number of benzene rings is 1. The lowest BCUT2D eigenvalue weighted by Gasteiger charge is -2.36. The molecule has 0 aliphatic heterocycles. The summed E-state index contributed by atoms with van der Waals surface area (Å²) in [6, 6.07) is 7.17. The third-order valence-corrected chi connectivity index (χ3v) is 4.70. The smallest absolute Gasteiger partial charge is 0.0372 e. The second-order valence-corrected chi connectivity index (χ2v) is 6.82. The Kier molecular flexibility index (Phi) is 4.71. The van der Waals surface area contributed by atoms with Gasteiger partial charge in [-0.25, -0.2) is 0 Å². The second kappa shape index (κ2) is 6.10. The third-order valence-electron chi connectivity index (χ3n) is 4.21. The zero-order valence-electron chi connectivity index (χ0n) is 11.7. The van der Waals surface area contributed by atoms with Gasteiger partial charge in [0.1, 0.15) is 0 Å². The molecular weight excluding hydrogens is 286 g/mol. The van der Waals surface area contributed by atoms with Crippen molar-refractivity contribution in [2.45, 2.75) is 52.5 Å². The Morgan fingerprint density at radius 1 is 1.22 bits per heavy atom. The Balaban J connectivity index is 2.11. The summed E-state index contributed by atoms with van der Waals surface area (Å²) in [5, 5.41) is 3.79. The van der Waals surface area contributed by atoms with Crippen molar-refractivity contribution in [3.63, 3.8) is 0 Å². The Hall–Kier alpha value is -0.500. The van der Waals surface area contributed by atoms with Crippen LogP contribution in [0.4, 0.5) is 5.69 Å². The quantitative estimate of drug-likeness (QED) is 0.790. The summed E-state index contributed by atoms with van der Waals surface area (Å²) >= 11 is 3.53. The Bertz CT molecular complexity index is 400. The van der Waals surface area contributed by atoms with Gasteiger partial charge in [0.2, 0.25) is 0 Å². The minimum atomic E-state index is 0.652. The molecule has 0 radical (unpaired) electrons. The van der Waals surface area contributed by atoms with E-state index in [-0.39, 0.29) is 0 Å². The summed E-state index contributed by atoms with van der Waals surface area (Å²) in [4.78, 5) is 0. The highest BCUT2D eigenvalue weighted by atomic mass is 79.9. The monoisotopic (exact) mass is 309 g/mol. The van der Waals surface area contributed by atoms with Gasteiger partial charge in [0, 0.05) is 16.2 Å². The number of rotatable bonds is 3. The minimum Gasteiger partial charge on any atom is -0.382 e. The van der Waals surface area contributed by atoms with E-state index >= 15 is 0 Å². The number of anilines is 1. The predicted molar refractivity (Wildman–Crippen MR) is 83.1 cm³/mol. The lowest BCUT2D eigenvalue weighted by Crippen LogP contribution is -2.35. The maximum atomic E-state index is 3.79. The van der Waals surface area contributed by atoms with Crippen molar-refractivity contribution in [1.29, 1.82) is 0 Å². The largest absolute Gasteiger partial charge is 0.382 e. The molecule has 0 saturated heterocycles.